The molecule has 0 bridgehead atoms. The van der Waals surface area contributed by atoms with Crippen molar-refractivity contribution in [3.63, 3.8) is 0 Å². The second kappa shape index (κ2) is 2.47. The van der Waals surface area contributed by atoms with E-state index < -0.39 is 0 Å². The van der Waals surface area contributed by atoms with E-state index in [9.17, 15) is 0 Å². The van der Waals surface area contributed by atoms with Crippen LogP contribution in [-0.4, -0.2) is 14.3 Å². The number of benzene rings is 1. The Hall–Kier alpha value is -1.16. The minimum Gasteiger partial charge on any atom is -0.509 e. The minimum absolute atomic E-state index is 0.326. The lowest BCUT2D eigenvalue weighted by molar-refractivity contribution is 0.482. The molecule has 0 aromatic heterocycles. The van der Waals surface area contributed by atoms with Crippen molar-refractivity contribution in [1.29, 1.82) is 0 Å². The zero-order chi connectivity index (χ0) is 7.68. The predicted octanol–water partition coefficient (Wildman–Crippen LogP) is 0.662. The van der Waals surface area contributed by atoms with Crippen LogP contribution in [0.3, 0.4) is 0 Å². The van der Waals surface area contributed by atoms with E-state index in [1.165, 1.54) is 0 Å². The van der Waals surface area contributed by atoms with Gasteiger partial charge in [-0.25, -0.2) is 0 Å². The lowest BCUT2D eigenvalue weighted by atomic mass is 10.1. The standard InChI is InChI=1S/C7H8BNO2/c1-9-8-10-6-4-2-3-5-7(6)11-8/h2-5,9H,1H3. The number of para-hydroxylation sites is 2. The summed E-state index contributed by atoms with van der Waals surface area (Å²) >= 11 is 0. The van der Waals surface area contributed by atoms with E-state index >= 15 is 0 Å². The summed E-state index contributed by atoms with van der Waals surface area (Å²) in [6.07, 6.45) is 0. The zero-order valence-electron chi connectivity index (χ0n) is 6.20. The topological polar surface area (TPSA) is 30.5 Å². The molecule has 0 spiro atoms. The summed E-state index contributed by atoms with van der Waals surface area (Å²) in [6.45, 7) is 0. The molecule has 0 aliphatic carbocycles. The van der Waals surface area contributed by atoms with Gasteiger partial charge in [-0.05, 0) is 19.2 Å². The van der Waals surface area contributed by atoms with E-state index in [0.717, 1.165) is 11.5 Å². The van der Waals surface area contributed by atoms with Crippen LogP contribution < -0.4 is 14.5 Å². The summed E-state index contributed by atoms with van der Waals surface area (Å²) in [6, 6.07) is 7.60. The fourth-order valence-electron chi connectivity index (χ4n) is 1.02. The first-order chi connectivity index (χ1) is 5.40. The van der Waals surface area contributed by atoms with E-state index in [0.29, 0.717) is 0 Å². The first kappa shape index (κ1) is 6.55. The molecule has 56 valence electrons. The number of fused-ring (bicyclic) bond motifs is 1. The first-order valence-electron chi connectivity index (χ1n) is 3.50. The van der Waals surface area contributed by atoms with Crippen molar-refractivity contribution < 1.29 is 9.31 Å². The SMILES string of the molecule is CNB1Oc2ccccc2O1. The van der Waals surface area contributed by atoms with Crippen molar-refractivity contribution >= 4 is 7.25 Å². The van der Waals surface area contributed by atoms with Gasteiger partial charge in [-0.1, -0.05) is 12.1 Å². The first-order valence-corrected chi connectivity index (χ1v) is 3.50. The molecule has 1 aliphatic rings. The maximum absolute atomic E-state index is 5.32. The van der Waals surface area contributed by atoms with Gasteiger partial charge in [-0.2, -0.15) is 0 Å². The molecular formula is C7H8BNO2. The van der Waals surface area contributed by atoms with E-state index in [2.05, 4.69) is 5.23 Å². The van der Waals surface area contributed by atoms with Crippen molar-refractivity contribution in [2.24, 2.45) is 0 Å². The van der Waals surface area contributed by atoms with Crippen LogP contribution in [-0.2, 0) is 0 Å². The molecule has 0 atom stereocenters. The Bertz CT molecular complexity index is 241. The Labute approximate surface area is 65.5 Å². The normalized spacial score (nSPS) is 13.7. The van der Waals surface area contributed by atoms with Crippen molar-refractivity contribution in [2.45, 2.75) is 0 Å². The van der Waals surface area contributed by atoms with Crippen LogP contribution in [0.15, 0.2) is 24.3 Å². The number of hydrogen-bond acceptors (Lipinski definition) is 3. The van der Waals surface area contributed by atoms with E-state index in [1.807, 2.05) is 24.3 Å². The van der Waals surface area contributed by atoms with Crippen LogP contribution in [0.1, 0.15) is 0 Å². The Morgan fingerprint density at radius 1 is 1.18 bits per heavy atom. The Morgan fingerprint density at radius 2 is 1.73 bits per heavy atom. The summed E-state index contributed by atoms with van der Waals surface area (Å²) in [7, 11) is 1.46. The third kappa shape index (κ3) is 1.05. The fourth-order valence-corrected chi connectivity index (χ4v) is 1.02. The summed E-state index contributed by atoms with van der Waals surface area (Å²) < 4.78 is 10.6. The molecule has 1 aromatic carbocycles. The highest BCUT2D eigenvalue weighted by atomic mass is 16.6. The predicted molar refractivity (Wildman–Crippen MR) is 42.5 cm³/mol. The van der Waals surface area contributed by atoms with E-state index in [4.69, 9.17) is 9.31 Å². The van der Waals surface area contributed by atoms with Gasteiger partial charge in [-0.15, -0.1) is 0 Å². The van der Waals surface area contributed by atoms with E-state index in [-0.39, 0.29) is 7.25 Å². The van der Waals surface area contributed by atoms with Gasteiger partial charge in [0, 0.05) is 0 Å². The molecule has 0 unspecified atom stereocenters. The third-order valence-electron chi connectivity index (χ3n) is 1.55. The second-order valence-electron chi connectivity index (χ2n) is 2.30. The lowest BCUT2D eigenvalue weighted by Gasteiger charge is -1.98. The lowest BCUT2D eigenvalue weighted by Crippen LogP contribution is -2.39. The number of nitrogens with one attached hydrogen (secondary N) is 1. The molecule has 3 nitrogen and oxygen atoms in total. The van der Waals surface area contributed by atoms with Crippen molar-refractivity contribution in [2.75, 3.05) is 7.05 Å². The highest BCUT2D eigenvalue weighted by molar-refractivity contribution is 6.44. The molecule has 0 fully saturated rings. The van der Waals surface area contributed by atoms with Gasteiger partial charge in [0.1, 0.15) is 11.5 Å². The molecule has 0 radical (unpaired) electrons. The molecule has 1 N–H and O–H groups in total. The maximum Gasteiger partial charge on any atom is 0.698 e. The van der Waals surface area contributed by atoms with Crippen LogP contribution >= 0.6 is 0 Å². The fraction of sp³-hybridized carbons (Fsp3) is 0.143. The monoisotopic (exact) mass is 149 g/mol. The van der Waals surface area contributed by atoms with Gasteiger partial charge < -0.3 is 9.31 Å². The van der Waals surface area contributed by atoms with Crippen molar-refractivity contribution in [1.82, 2.24) is 5.23 Å². The van der Waals surface area contributed by atoms with Crippen LogP contribution in [0.2, 0.25) is 0 Å². The third-order valence-corrected chi connectivity index (χ3v) is 1.55. The highest BCUT2D eigenvalue weighted by Crippen LogP contribution is 2.31. The largest absolute Gasteiger partial charge is 0.698 e. The van der Waals surface area contributed by atoms with Crippen molar-refractivity contribution in [3.05, 3.63) is 24.3 Å². The van der Waals surface area contributed by atoms with Gasteiger partial charge in [0.25, 0.3) is 0 Å². The number of hydrogen-bond donors (Lipinski definition) is 1. The molecule has 4 heteroatoms. The Morgan fingerprint density at radius 3 is 2.18 bits per heavy atom. The second-order valence-corrected chi connectivity index (χ2v) is 2.30. The smallest absolute Gasteiger partial charge is 0.509 e. The average molecular weight is 149 g/mol. The van der Waals surface area contributed by atoms with Crippen LogP contribution in [0, 0.1) is 0 Å². The molecule has 0 saturated carbocycles. The number of rotatable bonds is 1. The van der Waals surface area contributed by atoms with Gasteiger partial charge >= 0.3 is 7.25 Å². The van der Waals surface area contributed by atoms with Gasteiger partial charge in [0.2, 0.25) is 0 Å². The van der Waals surface area contributed by atoms with Gasteiger partial charge in [0.05, 0.1) is 0 Å². The Balaban J connectivity index is 2.27. The molecule has 0 amide bonds. The summed E-state index contributed by atoms with van der Waals surface area (Å²) in [4.78, 5) is 0. The molecule has 11 heavy (non-hydrogen) atoms. The maximum atomic E-state index is 5.32. The molecule has 2 rings (SSSR count). The molecule has 1 aromatic rings. The quantitative estimate of drug-likeness (QED) is 0.595. The molecule has 1 heterocycles. The zero-order valence-corrected chi connectivity index (χ0v) is 6.20. The molecule has 1 aliphatic heterocycles. The molecule has 0 saturated heterocycles. The van der Waals surface area contributed by atoms with Crippen LogP contribution in [0.25, 0.3) is 0 Å². The van der Waals surface area contributed by atoms with Crippen molar-refractivity contribution in [3.8, 4) is 11.5 Å². The summed E-state index contributed by atoms with van der Waals surface area (Å²) in [5, 5.41) is 2.87. The van der Waals surface area contributed by atoms with E-state index in [1.54, 1.807) is 7.05 Å². The van der Waals surface area contributed by atoms with Gasteiger partial charge in [0.15, 0.2) is 0 Å². The summed E-state index contributed by atoms with van der Waals surface area (Å²) in [5.74, 6) is 1.60. The highest BCUT2D eigenvalue weighted by Gasteiger charge is 2.30. The van der Waals surface area contributed by atoms with Crippen LogP contribution in [0.5, 0.6) is 11.5 Å². The summed E-state index contributed by atoms with van der Waals surface area (Å²) in [5.41, 5.74) is 0. The van der Waals surface area contributed by atoms with Crippen LogP contribution in [0.4, 0.5) is 0 Å². The minimum atomic E-state index is -0.326. The Kier molecular flexibility index (Phi) is 1.47. The van der Waals surface area contributed by atoms with Gasteiger partial charge in [-0.3, -0.25) is 5.23 Å². The molecular weight excluding hydrogens is 141 g/mol. The average Bonchev–Trinajstić information content (AvgIpc) is 2.46.